The van der Waals surface area contributed by atoms with E-state index in [1.165, 1.54) is 19.3 Å². The summed E-state index contributed by atoms with van der Waals surface area (Å²) in [6, 6.07) is 0. The molecule has 2 amide bonds. The van der Waals surface area contributed by atoms with Gasteiger partial charge in [-0.3, -0.25) is 9.59 Å². The predicted molar refractivity (Wildman–Crippen MR) is 82.7 cm³/mol. The summed E-state index contributed by atoms with van der Waals surface area (Å²) in [6.45, 7) is 5.94. The van der Waals surface area contributed by atoms with E-state index >= 15 is 0 Å². The summed E-state index contributed by atoms with van der Waals surface area (Å²) in [6.07, 6.45) is 5.87. The van der Waals surface area contributed by atoms with Crippen molar-refractivity contribution in [1.29, 1.82) is 0 Å². The predicted octanol–water partition coefficient (Wildman–Crippen LogP) is 1.60. The zero-order valence-electron chi connectivity index (χ0n) is 13.6. The van der Waals surface area contributed by atoms with Gasteiger partial charge in [0.15, 0.2) is 0 Å². The monoisotopic (exact) mass is 298 g/mol. The van der Waals surface area contributed by atoms with E-state index < -0.39 is 6.10 Å². The summed E-state index contributed by atoms with van der Waals surface area (Å²) in [5.74, 6) is 0.174. The highest BCUT2D eigenvalue weighted by Crippen LogP contribution is 2.25. The Balaban J connectivity index is 2.15. The lowest BCUT2D eigenvalue weighted by Gasteiger charge is -2.26. The standard InChI is InChI=1S/C16H30N2O3/c1-16(2,3)13(19)10-17-15(21)11-18-14(20)9-12-7-5-4-6-8-12/h12-13,19H,4-11H2,1-3H3,(H,17,21)(H,18,20). The zero-order valence-corrected chi connectivity index (χ0v) is 13.6. The maximum absolute atomic E-state index is 11.8. The second kappa shape index (κ2) is 8.37. The first-order chi connectivity index (χ1) is 9.79. The van der Waals surface area contributed by atoms with Gasteiger partial charge in [-0.1, -0.05) is 40.0 Å². The fourth-order valence-electron chi connectivity index (χ4n) is 2.48. The quantitative estimate of drug-likeness (QED) is 0.697. The van der Waals surface area contributed by atoms with Gasteiger partial charge in [-0.2, -0.15) is 0 Å². The Morgan fingerprint density at radius 2 is 1.71 bits per heavy atom. The van der Waals surface area contributed by atoms with Crippen LogP contribution < -0.4 is 10.6 Å². The molecule has 0 spiro atoms. The molecule has 0 saturated heterocycles. The van der Waals surface area contributed by atoms with Gasteiger partial charge in [0.1, 0.15) is 0 Å². The highest BCUT2D eigenvalue weighted by Gasteiger charge is 2.22. The summed E-state index contributed by atoms with van der Waals surface area (Å²) in [5.41, 5.74) is -0.266. The highest BCUT2D eigenvalue weighted by atomic mass is 16.3. The fourth-order valence-corrected chi connectivity index (χ4v) is 2.48. The van der Waals surface area contributed by atoms with Gasteiger partial charge >= 0.3 is 0 Å². The number of rotatable bonds is 6. The average molecular weight is 298 g/mol. The normalized spacial score (nSPS) is 18.1. The van der Waals surface area contributed by atoms with E-state index in [9.17, 15) is 14.7 Å². The lowest BCUT2D eigenvalue weighted by molar-refractivity contribution is -0.127. The Hall–Kier alpha value is -1.10. The first kappa shape index (κ1) is 18.0. The molecule has 1 aliphatic rings. The van der Waals surface area contributed by atoms with Crippen LogP contribution in [0.5, 0.6) is 0 Å². The third-order valence-electron chi connectivity index (χ3n) is 4.14. The maximum Gasteiger partial charge on any atom is 0.239 e. The minimum absolute atomic E-state index is 0.0115. The highest BCUT2D eigenvalue weighted by molar-refractivity contribution is 5.84. The Labute approximate surface area is 127 Å². The third kappa shape index (κ3) is 7.46. The van der Waals surface area contributed by atoms with Gasteiger partial charge in [0.05, 0.1) is 12.6 Å². The summed E-state index contributed by atoms with van der Waals surface area (Å²) >= 11 is 0. The Bertz CT molecular complexity index is 344. The molecule has 1 rings (SSSR count). The molecule has 1 atom stereocenters. The molecule has 0 bridgehead atoms. The summed E-state index contributed by atoms with van der Waals surface area (Å²) < 4.78 is 0. The lowest BCUT2D eigenvalue weighted by atomic mass is 9.87. The zero-order chi connectivity index (χ0) is 15.9. The number of hydrogen-bond acceptors (Lipinski definition) is 3. The topological polar surface area (TPSA) is 78.4 Å². The molecular formula is C16H30N2O3. The average Bonchev–Trinajstić information content (AvgIpc) is 2.42. The van der Waals surface area contributed by atoms with E-state index in [2.05, 4.69) is 10.6 Å². The van der Waals surface area contributed by atoms with Crippen molar-refractivity contribution in [2.24, 2.45) is 11.3 Å². The van der Waals surface area contributed by atoms with Gasteiger partial charge in [-0.05, 0) is 24.2 Å². The van der Waals surface area contributed by atoms with Crippen LogP contribution in [0.15, 0.2) is 0 Å². The minimum atomic E-state index is -0.598. The molecule has 0 aromatic heterocycles. The van der Waals surface area contributed by atoms with Gasteiger partial charge in [-0.25, -0.2) is 0 Å². The number of aliphatic hydroxyl groups is 1. The first-order valence-corrected chi connectivity index (χ1v) is 8.00. The van der Waals surface area contributed by atoms with Gasteiger partial charge < -0.3 is 15.7 Å². The van der Waals surface area contributed by atoms with E-state index in [0.29, 0.717) is 12.3 Å². The van der Waals surface area contributed by atoms with Crippen LogP contribution in [0.2, 0.25) is 0 Å². The molecule has 0 aromatic carbocycles. The molecule has 1 fully saturated rings. The number of hydrogen-bond donors (Lipinski definition) is 3. The van der Waals surface area contributed by atoms with Crippen molar-refractivity contribution in [2.45, 2.75) is 65.4 Å². The Morgan fingerprint density at radius 1 is 1.10 bits per heavy atom. The maximum atomic E-state index is 11.8. The smallest absolute Gasteiger partial charge is 0.239 e. The molecule has 5 nitrogen and oxygen atoms in total. The van der Waals surface area contributed by atoms with Crippen LogP contribution >= 0.6 is 0 Å². The van der Waals surface area contributed by atoms with Crippen LogP contribution in [0.4, 0.5) is 0 Å². The number of carbonyl (C=O) groups excluding carboxylic acids is 2. The second-order valence-corrected chi connectivity index (χ2v) is 7.17. The lowest BCUT2D eigenvalue weighted by Crippen LogP contribution is -2.43. The van der Waals surface area contributed by atoms with Crippen molar-refractivity contribution in [2.75, 3.05) is 13.1 Å². The number of carbonyl (C=O) groups is 2. The van der Waals surface area contributed by atoms with Crippen molar-refractivity contribution in [3.05, 3.63) is 0 Å². The summed E-state index contributed by atoms with van der Waals surface area (Å²) in [5, 5.41) is 15.1. The molecule has 1 saturated carbocycles. The van der Waals surface area contributed by atoms with Crippen molar-refractivity contribution in [3.63, 3.8) is 0 Å². The molecule has 1 aliphatic carbocycles. The van der Waals surface area contributed by atoms with Crippen LogP contribution in [-0.4, -0.2) is 36.1 Å². The van der Waals surface area contributed by atoms with E-state index in [1.807, 2.05) is 20.8 Å². The molecule has 0 aliphatic heterocycles. The summed E-state index contributed by atoms with van der Waals surface area (Å²) in [4.78, 5) is 23.4. The van der Waals surface area contributed by atoms with E-state index in [1.54, 1.807) is 0 Å². The Morgan fingerprint density at radius 3 is 2.29 bits per heavy atom. The molecule has 0 radical (unpaired) electrons. The van der Waals surface area contributed by atoms with Crippen LogP contribution in [0.3, 0.4) is 0 Å². The molecule has 3 N–H and O–H groups in total. The Kier molecular flexibility index (Phi) is 7.15. The van der Waals surface area contributed by atoms with Crippen molar-refractivity contribution >= 4 is 11.8 Å². The molecule has 0 aromatic rings. The van der Waals surface area contributed by atoms with Crippen LogP contribution in [-0.2, 0) is 9.59 Å². The van der Waals surface area contributed by atoms with Gasteiger partial charge in [0.2, 0.25) is 11.8 Å². The van der Waals surface area contributed by atoms with Crippen molar-refractivity contribution in [3.8, 4) is 0 Å². The first-order valence-electron chi connectivity index (χ1n) is 8.00. The fraction of sp³-hybridized carbons (Fsp3) is 0.875. The third-order valence-corrected chi connectivity index (χ3v) is 4.14. The second-order valence-electron chi connectivity index (χ2n) is 7.17. The van der Waals surface area contributed by atoms with Crippen molar-refractivity contribution < 1.29 is 14.7 Å². The summed E-state index contributed by atoms with van der Waals surface area (Å²) in [7, 11) is 0. The molecule has 122 valence electrons. The van der Waals surface area contributed by atoms with Crippen LogP contribution in [0.1, 0.15) is 59.3 Å². The van der Waals surface area contributed by atoms with Gasteiger partial charge in [0.25, 0.3) is 0 Å². The minimum Gasteiger partial charge on any atom is -0.391 e. The molecule has 21 heavy (non-hydrogen) atoms. The van der Waals surface area contributed by atoms with Crippen LogP contribution in [0.25, 0.3) is 0 Å². The SMILES string of the molecule is CC(C)(C)C(O)CNC(=O)CNC(=O)CC1CCCCC1. The van der Waals surface area contributed by atoms with Crippen LogP contribution in [0, 0.1) is 11.3 Å². The van der Waals surface area contributed by atoms with E-state index in [4.69, 9.17) is 0 Å². The van der Waals surface area contributed by atoms with E-state index in [-0.39, 0.29) is 30.3 Å². The molecule has 5 heteroatoms. The molecule has 0 heterocycles. The van der Waals surface area contributed by atoms with Gasteiger partial charge in [0, 0.05) is 13.0 Å². The van der Waals surface area contributed by atoms with Gasteiger partial charge in [-0.15, -0.1) is 0 Å². The number of amides is 2. The number of aliphatic hydroxyl groups excluding tert-OH is 1. The molecular weight excluding hydrogens is 268 g/mol. The molecule has 1 unspecified atom stereocenters. The largest absolute Gasteiger partial charge is 0.391 e. The number of nitrogens with one attached hydrogen (secondary N) is 2. The van der Waals surface area contributed by atoms with E-state index in [0.717, 1.165) is 12.8 Å². The van der Waals surface area contributed by atoms with Crippen molar-refractivity contribution in [1.82, 2.24) is 10.6 Å².